The zero-order valence-corrected chi connectivity index (χ0v) is 15.7. The van der Waals surface area contributed by atoms with Crippen LogP contribution in [-0.2, 0) is 6.54 Å². The molecule has 0 aliphatic rings. The molecule has 0 aliphatic carbocycles. The number of methoxy groups -OCH3 is 1. The minimum atomic E-state index is 0.108. The summed E-state index contributed by atoms with van der Waals surface area (Å²) in [5, 5.41) is 17.3. The van der Waals surface area contributed by atoms with Gasteiger partial charge in [-0.2, -0.15) is 10.1 Å². The summed E-state index contributed by atoms with van der Waals surface area (Å²) in [6.07, 6.45) is 4.42. The summed E-state index contributed by atoms with van der Waals surface area (Å²) in [5.74, 6) is 1.61. The van der Waals surface area contributed by atoms with Crippen molar-refractivity contribution >= 4 is 22.8 Å². The fourth-order valence-electron chi connectivity index (χ4n) is 3.15. The molecule has 4 N–H and O–H groups in total. The first-order chi connectivity index (χ1) is 13.1. The molecular formula is C19H26N6O2. The van der Waals surface area contributed by atoms with Gasteiger partial charge in [-0.1, -0.05) is 31.5 Å². The number of rotatable bonds is 9. The molecule has 3 aromatic rings. The van der Waals surface area contributed by atoms with Crippen molar-refractivity contribution in [1.82, 2.24) is 19.7 Å². The number of nitrogen functional groups attached to an aromatic ring is 1. The first-order valence-corrected chi connectivity index (χ1v) is 9.14. The molecule has 0 radical (unpaired) electrons. The topological polar surface area (TPSA) is 111 Å². The average Bonchev–Trinajstić information content (AvgIpc) is 3.05. The molecule has 1 atom stereocenters. The number of nitrogens with zero attached hydrogens (tertiary/aromatic N) is 4. The van der Waals surface area contributed by atoms with E-state index in [1.54, 1.807) is 7.11 Å². The number of anilines is 2. The Morgan fingerprint density at radius 2 is 2.07 bits per heavy atom. The Bertz CT molecular complexity index is 889. The van der Waals surface area contributed by atoms with E-state index in [1.165, 1.54) is 0 Å². The van der Waals surface area contributed by atoms with Crippen LogP contribution in [0.1, 0.15) is 31.7 Å². The van der Waals surface area contributed by atoms with E-state index in [1.807, 2.05) is 35.1 Å². The van der Waals surface area contributed by atoms with Crippen molar-refractivity contribution in [3.63, 3.8) is 0 Å². The lowest BCUT2D eigenvalue weighted by Crippen LogP contribution is -2.22. The number of hydrogen-bond acceptors (Lipinski definition) is 7. The molecule has 0 saturated carbocycles. The van der Waals surface area contributed by atoms with Crippen LogP contribution in [0.15, 0.2) is 30.5 Å². The van der Waals surface area contributed by atoms with E-state index in [4.69, 9.17) is 10.5 Å². The number of fused-ring (bicyclic) bond motifs is 1. The van der Waals surface area contributed by atoms with Crippen molar-refractivity contribution in [2.45, 2.75) is 38.8 Å². The van der Waals surface area contributed by atoms with Gasteiger partial charge in [-0.25, -0.2) is 4.98 Å². The van der Waals surface area contributed by atoms with Crippen molar-refractivity contribution in [3.8, 4) is 5.75 Å². The van der Waals surface area contributed by atoms with E-state index in [-0.39, 0.29) is 18.6 Å². The molecule has 0 aliphatic heterocycles. The lowest BCUT2D eigenvalue weighted by molar-refractivity contribution is 0.276. The highest BCUT2D eigenvalue weighted by molar-refractivity contribution is 5.85. The van der Waals surface area contributed by atoms with Crippen LogP contribution in [0.5, 0.6) is 5.75 Å². The van der Waals surface area contributed by atoms with Gasteiger partial charge in [-0.15, -0.1) is 0 Å². The summed E-state index contributed by atoms with van der Waals surface area (Å²) in [6, 6.07) is 7.94. The third-order valence-electron chi connectivity index (χ3n) is 4.41. The Kier molecular flexibility index (Phi) is 6.08. The van der Waals surface area contributed by atoms with Gasteiger partial charge < -0.3 is 20.9 Å². The SMILES string of the molecule is CCCC(CCO)Nc1nc(N)nc2cn(Cc3ccccc3OC)nc12. The minimum absolute atomic E-state index is 0.108. The lowest BCUT2D eigenvalue weighted by Gasteiger charge is -2.17. The van der Waals surface area contributed by atoms with E-state index < -0.39 is 0 Å². The number of para-hydroxylation sites is 1. The number of aliphatic hydroxyl groups excluding tert-OH is 1. The molecule has 27 heavy (non-hydrogen) atoms. The maximum atomic E-state index is 9.30. The van der Waals surface area contributed by atoms with Crippen molar-refractivity contribution in [2.24, 2.45) is 0 Å². The van der Waals surface area contributed by atoms with Gasteiger partial charge in [-0.05, 0) is 18.9 Å². The van der Waals surface area contributed by atoms with E-state index in [0.29, 0.717) is 29.8 Å². The quantitative estimate of drug-likeness (QED) is 0.530. The first kappa shape index (κ1) is 18.9. The molecule has 8 nitrogen and oxygen atoms in total. The predicted molar refractivity (Wildman–Crippen MR) is 106 cm³/mol. The van der Waals surface area contributed by atoms with E-state index in [0.717, 1.165) is 24.2 Å². The molecule has 1 unspecified atom stereocenters. The van der Waals surface area contributed by atoms with Crippen LogP contribution >= 0.6 is 0 Å². The van der Waals surface area contributed by atoms with Gasteiger partial charge in [-0.3, -0.25) is 4.68 Å². The predicted octanol–water partition coefficient (Wildman–Crippen LogP) is 2.43. The molecule has 0 amide bonds. The zero-order valence-electron chi connectivity index (χ0n) is 15.7. The minimum Gasteiger partial charge on any atom is -0.496 e. The summed E-state index contributed by atoms with van der Waals surface area (Å²) in [4.78, 5) is 8.64. The molecule has 0 bridgehead atoms. The van der Waals surface area contributed by atoms with E-state index in [9.17, 15) is 5.11 Å². The molecular weight excluding hydrogens is 344 g/mol. The average molecular weight is 370 g/mol. The molecule has 0 spiro atoms. The third-order valence-corrected chi connectivity index (χ3v) is 4.41. The highest BCUT2D eigenvalue weighted by atomic mass is 16.5. The second-order valence-corrected chi connectivity index (χ2v) is 6.45. The normalized spacial score (nSPS) is 12.3. The smallest absolute Gasteiger partial charge is 0.222 e. The van der Waals surface area contributed by atoms with Crippen molar-refractivity contribution in [2.75, 3.05) is 24.8 Å². The van der Waals surface area contributed by atoms with Gasteiger partial charge >= 0.3 is 0 Å². The maximum Gasteiger partial charge on any atom is 0.222 e. The molecule has 0 fully saturated rings. The molecule has 2 heterocycles. The number of nitrogens with two attached hydrogens (primary N) is 1. The van der Waals surface area contributed by atoms with E-state index in [2.05, 4.69) is 27.3 Å². The second kappa shape index (κ2) is 8.68. The summed E-state index contributed by atoms with van der Waals surface area (Å²) >= 11 is 0. The summed E-state index contributed by atoms with van der Waals surface area (Å²) in [6.45, 7) is 2.77. The number of hydrogen-bond donors (Lipinski definition) is 3. The number of aromatic nitrogens is 4. The van der Waals surface area contributed by atoms with Gasteiger partial charge in [0, 0.05) is 18.2 Å². The standard InChI is InChI=1S/C19H26N6O2/c1-3-6-14(9-10-26)21-18-17-15(22-19(20)23-18)12-25(24-17)11-13-7-4-5-8-16(13)27-2/h4-5,7-8,12,14,26H,3,6,9-11H2,1-2H3,(H3,20,21,22,23). The third kappa shape index (κ3) is 4.46. The number of nitrogens with one attached hydrogen (secondary N) is 1. The van der Waals surface area contributed by atoms with Crippen LogP contribution in [0.3, 0.4) is 0 Å². The van der Waals surface area contributed by atoms with Crippen LogP contribution < -0.4 is 15.8 Å². The Balaban J connectivity index is 1.92. The Morgan fingerprint density at radius 3 is 2.81 bits per heavy atom. The maximum absolute atomic E-state index is 9.30. The van der Waals surface area contributed by atoms with Gasteiger partial charge in [0.1, 0.15) is 11.3 Å². The number of ether oxygens (including phenoxy) is 1. The van der Waals surface area contributed by atoms with Crippen LogP contribution in [0, 0.1) is 0 Å². The molecule has 3 rings (SSSR count). The van der Waals surface area contributed by atoms with Crippen molar-refractivity contribution in [3.05, 3.63) is 36.0 Å². The van der Waals surface area contributed by atoms with E-state index >= 15 is 0 Å². The summed E-state index contributed by atoms with van der Waals surface area (Å²) in [7, 11) is 1.65. The second-order valence-electron chi connectivity index (χ2n) is 6.45. The highest BCUT2D eigenvalue weighted by Crippen LogP contribution is 2.24. The first-order valence-electron chi connectivity index (χ1n) is 9.14. The fraction of sp³-hybridized carbons (Fsp3) is 0.421. The molecule has 144 valence electrons. The number of benzene rings is 1. The Labute approximate surface area is 158 Å². The van der Waals surface area contributed by atoms with Crippen LogP contribution in [-0.4, -0.2) is 44.6 Å². The Hall–Kier alpha value is -2.87. The van der Waals surface area contributed by atoms with Gasteiger partial charge in [0.25, 0.3) is 0 Å². The monoisotopic (exact) mass is 370 g/mol. The Morgan fingerprint density at radius 1 is 1.26 bits per heavy atom. The van der Waals surface area contributed by atoms with Crippen LogP contribution in [0.25, 0.3) is 11.0 Å². The molecule has 8 heteroatoms. The van der Waals surface area contributed by atoms with Crippen molar-refractivity contribution in [1.29, 1.82) is 0 Å². The fourth-order valence-corrected chi connectivity index (χ4v) is 3.15. The van der Waals surface area contributed by atoms with Gasteiger partial charge in [0.05, 0.1) is 19.9 Å². The van der Waals surface area contributed by atoms with Crippen LogP contribution in [0.4, 0.5) is 11.8 Å². The van der Waals surface area contributed by atoms with Crippen molar-refractivity contribution < 1.29 is 9.84 Å². The molecule has 0 saturated heterocycles. The summed E-state index contributed by atoms with van der Waals surface area (Å²) < 4.78 is 7.22. The van der Waals surface area contributed by atoms with Gasteiger partial charge in [0.2, 0.25) is 5.95 Å². The zero-order chi connectivity index (χ0) is 19.2. The number of aliphatic hydroxyl groups is 1. The van der Waals surface area contributed by atoms with Gasteiger partial charge in [0.15, 0.2) is 11.3 Å². The summed E-state index contributed by atoms with van der Waals surface area (Å²) in [5.41, 5.74) is 8.25. The molecule has 1 aromatic carbocycles. The molecule has 2 aromatic heterocycles. The highest BCUT2D eigenvalue weighted by Gasteiger charge is 2.15. The largest absolute Gasteiger partial charge is 0.496 e. The lowest BCUT2D eigenvalue weighted by atomic mass is 10.1. The van der Waals surface area contributed by atoms with Crippen LogP contribution in [0.2, 0.25) is 0 Å².